The lowest BCUT2D eigenvalue weighted by Gasteiger charge is -2.17. The van der Waals surface area contributed by atoms with Crippen LogP contribution in [-0.2, 0) is 11.8 Å². The van der Waals surface area contributed by atoms with E-state index in [-0.39, 0.29) is 0 Å². The summed E-state index contributed by atoms with van der Waals surface area (Å²) in [6.45, 7) is 1.38. The third-order valence-electron chi connectivity index (χ3n) is 5.57. The van der Waals surface area contributed by atoms with Gasteiger partial charge in [0.15, 0.2) is 5.65 Å². The van der Waals surface area contributed by atoms with Crippen LogP contribution >= 0.6 is 0 Å². The van der Waals surface area contributed by atoms with Gasteiger partial charge in [0.2, 0.25) is 5.95 Å². The summed E-state index contributed by atoms with van der Waals surface area (Å²) in [7, 11) is 7.46. The number of hydrogen-bond donors (Lipinski definition) is 1. The maximum atomic E-state index is 5.44. The van der Waals surface area contributed by atoms with Crippen LogP contribution in [0.3, 0.4) is 0 Å². The molecular formula is C22H24N6O2. The largest absolute Gasteiger partial charge is 0.497 e. The first-order valence-electron chi connectivity index (χ1n) is 9.79. The Balaban J connectivity index is 1.70. The molecule has 0 spiro atoms. The van der Waals surface area contributed by atoms with Crippen LogP contribution in [0, 0.1) is 0 Å². The fourth-order valence-electron chi connectivity index (χ4n) is 3.98. The number of benzene rings is 1. The molecule has 5 rings (SSSR count). The number of methoxy groups -OCH3 is 2. The molecule has 0 fully saturated rings. The van der Waals surface area contributed by atoms with E-state index < -0.39 is 0 Å². The number of fused-ring (bicyclic) bond motifs is 4. The molecule has 8 heteroatoms. The van der Waals surface area contributed by atoms with Crippen molar-refractivity contribution < 1.29 is 9.47 Å². The van der Waals surface area contributed by atoms with Gasteiger partial charge >= 0.3 is 0 Å². The van der Waals surface area contributed by atoms with Crippen molar-refractivity contribution in [2.45, 2.75) is 0 Å². The van der Waals surface area contributed by atoms with Gasteiger partial charge in [-0.25, -0.2) is 9.97 Å². The second-order valence-corrected chi connectivity index (χ2v) is 7.44. The second-order valence-electron chi connectivity index (χ2n) is 7.44. The van der Waals surface area contributed by atoms with Crippen LogP contribution in [-0.4, -0.2) is 58.3 Å². The SMILES string of the molecule is COCCN(C)c1ncc2cnc3[nH]c(-c4cn(C)c5ccc(OC)cc45)cc3n12. The Hall–Kier alpha value is -3.52. The quantitative estimate of drug-likeness (QED) is 0.469. The number of nitrogens with one attached hydrogen (secondary N) is 1. The number of likely N-dealkylation sites (N-methyl/N-ethyl adjacent to an activating group) is 1. The molecule has 0 saturated heterocycles. The molecule has 0 amide bonds. The monoisotopic (exact) mass is 404 g/mol. The van der Waals surface area contributed by atoms with E-state index in [0.29, 0.717) is 6.61 Å². The fourth-order valence-corrected chi connectivity index (χ4v) is 3.98. The highest BCUT2D eigenvalue weighted by Gasteiger charge is 2.17. The first-order valence-corrected chi connectivity index (χ1v) is 9.79. The maximum Gasteiger partial charge on any atom is 0.210 e. The number of imidazole rings is 1. The van der Waals surface area contributed by atoms with Gasteiger partial charge in [0.1, 0.15) is 5.75 Å². The van der Waals surface area contributed by atoms with Gasteiger partial charge in [-0.1, -0.05) is 0 Å². The Morgan fingerprint density at radius 1 is 1.10 bits per heavy atom. The second kappa shape index (κ2) is 7.07. The normalized spacial score (nSPS) is 11.7. The minimum Gasteiger partial charge on any atom is -0.497 e. The lowest BCUT2D eigenvalue weighted by atomic mass is 10.1. The van der Waals surface area contributed by atoms with Crippen LogP contribution in [0.15, 0.2) is 42.9 Å². The van der Waals surface area contributed by atoms with Gasteiger partial charge in [-0.15, -0.1) is 0 Å². The van der Waals surface area contributed by atoms with Crippen molar-refractivity contribution in [1.82, 2.24) is 23.9 Å². The van der Waals surface area contributed by atoms with E-state index in [1.54, 1.807) is 14.2 Å². The summed E-state index contributed by atoms with van der Waals surface area (Å²) in [4.78, 5) is 14.8. The first-order chi connectivity index (χ1) is 14.6. The Bertz CT molecular complexity index is 1360. The molecule has 4 aromatic heterocycles. The number of aromatic amines is 1. The van der Waals surface area contributed by atoms with Crippen molar-refractivity contribution >= 4 is 33.5 Å². The molecule has 30 heavy (non-hydrogen) atoms. The number of aromatic nitrogens is 5. The molecule has 1 N–H and O–H groups in total. The van der Waals surface area contributed by atoms with Crippen LogP contribution in [0.2, 0.25) is 0 Å². The predicted molar refractivity (Wildman–Crippen MR) is 118 cm³/mol. The highest BCUT2D eigenvalue weighted by molar-refractivity contribution is 5.98. The van der Waals surface area contributed by atoms with Gasteiger partial charge in [-0.2, -0.15) is 0 Å². The van der Waals surface area contributed by atoms with Crippen LogP contribution in [0.1, 0.15) is 0 Å². The number of nitrogens with zero attached hydrogens (tertiary/aromatic N) is 5. The molecule has 4 heterocycles. The smallest absolute Gasteiger partial charge is 0.210 e. The highest BCUT2D eigenvalue weighted by Crippen LogP contribution is 2.34. The van der Waals surface area contributed by atoms with E-state index in [9.17, 15) is 0 Å². The average Bonchev–Trinajstić information content (AvgIpc) is 3.46. The van der Waals surface area contributed by atoms with E-state index in [0.717, 1.165) is 57.1 Å². The van der Waals surface area contributed by atoms with Crippen LogP contribution < -0.4 is 9.64 Å². The zero-order valence-corrected chi connectivity index (χ0v) is 17.5. The van der Waals surface area contributed by atoms with Gasteiger partial charge in [0.25, 0.3) is 0 Å². The van der Waals surface area contributed by atoms with Crippen molar-refractivity contribution in [2.24, 2.45) is 7.05 Å². The molecule has 0 radical (unpaired) electrons. The van der Waals surface area contributed by atoms with Gasteiger partial charge in [0.05, 0.1) is 42.8 Å². The molecule has 154 valence electrons. The molecule has 0 aliphatic carbocycles. The Labute approximate surface area is 173 Å². The minimum atomic E-state index is 0.635. The zero-order valence-electron chi connectivity index (χ0n) is 17.5. The molecule has 1 aromatic carbocycles. The summed E-state index contributed by atoms with van der Waals surface area (Å²) >= 11 is 0. The molecule has 0 bridgehead atoms. The molecule has 0 aliphatic heterocycles. The van der Waals surface area contributed by atoms with Gasteiger partial charge in [-0.3, -0.25) is 4.40 Å². The molecule has 8 nitrogen and oxygen atoms in total. The minimum absolute atomic E-state index is 0.635. The zero-order chi connectivity index (χ0) is 20.8. The maximum absolute atomic E-state index is 5.44. The van der Waals surface area contributed by atoms with Crippen LogP contribution in [0.25, 0.3) is 38.8 Å². The number of aryl methyl sites for hydroxylation is 1. The van der Waals surface area contributed by atoms with E-state index in [4.69, 9.17) is 9.47 Å². The summed E-state index contributed by atoms with van der Waals surface area (Å²) in [6, 6.07) is 8.27. The van der Waals surface area contributed by atoms with E-state index in [1.165, 1.54) is 0 Å². The third kappa shape index (κ3) is 2.80. The Morgan fingerprint density at radius 2 is 1.93 bits per heavy atom. The average molecular weight is 404 g/mol. The van der Waals surface area contributed by atoms with Crippen molar-refractivity contribution in [3.63, 3.8) is 0 Å². The lowest BCUT2D eigenvalue weighted by molar-refractivity contribution is 0.206. The Morgan fingerprint density at radius 3 is 2.73 bits per heavy atom. The van der Waals surface area contributed by atoms with Crippen molar-refractivity contribution in [3.05, 3.63) is 42.9 Å². The van der Waals surface area contributed by atoms with Crippen molar-refractivity contribution in [2.75, 3.05) is 39.3 Å². The topological polar surface area (TPSA) is 72.6 Å². The summed E-state index contributed by atoms with van der Waals surface area (Å²) < 4.78 is 14.9. The van der Waals surface area contributed by atoms with Gasteiger partial charge < -0.3 is 23.9 Å². The van der Waals surface area contributed by atoms with E-state index >= 15 is 0 Å². The predicted octanol–water partition coefficient (Wildman–Crippen LogP) is 3.46. The Kier molecular flexibility index (Phi) is 4.36. The number of rotatable bonds is 6. The number of H-pyrrole nitrogens is 1. The molecule has 0 unspecified atom stereocenters. The lowest BCUT2D eigenvalue weighted by Crippen LogP contribution is -2.24. The summed E-state index contributed by atoms with van der Waals surface area (Å²) in [5.74, 6) is 1.70. The molecular weight excluding hydrogens is 380 g/mol. The van der Waals surface area contributed by atoms with Crippen molar-refractivity contribution in [3.8, 4) is 17.0 Å². The van der Waals surface area contributed by atoms with Crippen LogP contribution in [0.4, 0.5) is 5.95 Å². The summed E-state index contributed by atoms with van der Waals surface area (Å²) in [5, 5.41) is 1.13. The standard InChI is InChI=1S/C22H24N6O2/c1-26(7-8-29-3)22-24-12-14-11-23-21-20(28(14)22)10-18(25-21)17-13-27(2)19-6-5-15(30-4)9-16(17)19/h5-6,9-13,25H,7-8H2,1-4H3. The third-order valence-corrected chi connectivity index (χ3v) is 5.57. The summed E-state index contributed by atoms with van der Waals surface area (Å²) in [6.07, 6.45) is 5.82. The number of hydrogen-bond acceptors (Lipinski definition) is 5. The van der Waals surface area contributed by atoms with Crippen LogP contribution in [0.5, 0.6) is 5.75 Å². The van der Waals surface area contributed by atoms with Gasteiger partial charge in [-0.05, 0) is 24.3 Å². The van der Waals surface area contributed by atoms with E-state index in [2.05, 4.69) is 60.3 Å². The highest BCUT2D eigenvalue weighted by atomic mass is 16.5. The fraction of sp³-hybridized carbons (Fsp3) is 0.273. The molecule has 0 aliphatic rings. The molecule has 0 atom stereocenters. The van der Waals surface area contributed by atoms with E-state index in [1.807, 2.05) is 25.5 Å². The number of anilines is 1. The summed E-state index contributed by atoms with van der Waals surface area (Å²) in [5.41, 5.74) is 6.00. The molecule has 0 saturated carbocycles. The molecule has 5 aromatic rings. The first kappa shape index (κ1) is 18.5. The van der Waals surface area contributed by atoms with Gasteiger partial charge in [0, 0.05) is 50.4 Å². The number of ether oxygens (including phenoxy) is 2. The van der Waals surface area contributed by atoms with Crippen molar-refractivity contribution in [1.29, 1.82) is 0 Å².